The standard InChI is InChI=1S/C28H28FN5O2S/c1-17(19-4-3-5-23(12-19)36-2)32-28(35)34-15-21-10-11-22(34)14-33(21)27-26-24(30-16-31-27)13-25(37-26)18-6-8-20(29)9-7-18/h3-9,12-13,16-17,21-22H,10-11,14-15H2,1-2H3,(H,32,35)/t17-,21?,22?/m0/s1. The summed E-state index contributed by atoms with van der Waals surface area (Å²) in [5.41, 5.74) is 2.86. The van der Waals surface area contributed by atoms with Crippen LogP contribution < -0.4 is 15.0 Å². The summed E-state index contributed by atoms with van der Waals surface area (Å²) < 4.78 is 19.8. The van der Waals surface area contributed by atoms with E-state index >= 15 is 0 Å². The van der Waals surface area contributed by atoms with Crippen molar-refractivity contribution in [2.45, 2.75) is 37.9 Å². The number of amides is 2. The lowest BCUT2D eigenvalue weighted by Crippen LogP contribution is -2.65. The lowest BCUT2D eigenvalue weighted by Gasteiger charge is -2.51. The fraction of sp³-hybridized carbons (Fsp3) is 0.321. The van der Waals surface area contributed by atoms with Gasteiger partial charge in [-0.2, -0.15) is 0 Å². The Bertz CT molecular complexity index is 1440. The van der Waals surface area contributed by atoms with E-state index in [0.29, 0.717) is 6.54 Å². The number of hydrogen-bond donors (Lipinski definition) is 1. The Labute approximate surface area is 218 Å². The zero-order valence-corrected chi connectivity index (χ0v) is 21.5. The smallest absolute Gasteiger partial charge is 0.318 e. The number of halogens is 1. The molecule has 190 valence electrons. The molecule has 7 rings (SSSR count). The van der Waals surface area contributed by atoms with Crippen molar-refractivity contribution >= 4 is 33.4 Å². The third-order valence-electron chi connectivity index (χ3n) is 7.42. The van der Waals surface area contributed by atoms with Crippen LogP contribution in [0.1, 0.15) is 31.4 Å². The number of anilines is 1. The van der Waals surface area contributed by atoms with E-state index < -0.39 is 0 Å². The quantitative estimate of drug-likeness (QED) is 0.372. The second-order valence-corrected chi connectivity index (χ2v) is 10.7. The van der Waals surface area contributed by atoms with Crippen molar-refractivity contribution in [1.82, 2.24) is 20.2 Å². The molecule has 1 N–H and O–H groups in total. The number of hydrogen-bond acceptors (Lipinski definition) is 6. The Morgan fingerprint density at radius 3 is 2.68 bits per heavy atom. The van der Waals surface area contributed by atoms with E-state index in [0.717, 1.165) is 57.2 Å². The fourth-order valence-electron chi connectivity index (χ4n) is 5.40. The van der Waals surface area contributed by atoms with Gasteiger partial charge in [0, 0.05) is 24.0 Å². The van der Waals surface area contributed by atoms with E-state index in [9.17, 15) is 9.18 Å². The maximum atomic E-state index is 13.4. The number of piperidine rings is 2. The van der Waals surface area contributed by atoms with E-state index in [1.807, 2.05) is 42.2 Å². The third kappa shape index (κ3) is 4.48. The molecule has 2 bridgehead atoms. The van der Waals surface area contributed by atoms with E-state index in [1.165, 1.54) is 12.1 Å². The van der Waals surface area contributed by atoms with Crippen molar-refractivity contribution in [1.29, 1.82) is 0 Å². The Morgan fingerprint density at radius 2 is 1.92 bits per heavy atom. The normalized spacial score (nSPS) is 19.8. The molecule has 4 aromatic rings. The molecule has 3 aliphatic rings. The first kappa shape index (κ1) is 23.7. The second-order valence-electron chi connectivity index (χ2n) is 9.67. The van der Waals surface area contributed by atoms with Gasteiger partial charge in [0.25, 0.3) is 0 Å². The lowest BCUT2D eigenvalue weighted by molar-refractivity contribution is 0.113. The molecule has 0 radical (unpaired) electrons. The molecule has 0 aliphatic carbocycles. The molecule has 2 aromatic heterocycles. The highest BCUT2D eigenvalue weighted by molar-refractivity contribution is 7.22. The van der Waals surface area contributed by atoms with Crippen LogP contribution in [-0.4, -0.2) is 53.2 Å². The number of urea groups is 1. The average Bonchev–Trinajstić information content (AvgIpc) is 3.38. The van der Waals surface area contributed by atoms with Crippen molar-refractivity contribution < 1.29 is 13.9 Å². The van der Waals surface area contributed by atoms with Crippen molar-refractivity contribution in [2.24, 2.45) is 0 Å². The minimum atomic E-state index is -0.249. The van der Waals surface area contributed by atoms with E-state index in [-0.39, 0.29) is 30.0 Å². The molecule has 37 heavy (non-hydrogen) atoms. The third-order valence-corrected chi connectivity index (χ3v) is 8.59. The number of methoxy groups -OCH3 is 1. The molecule has 2 amide bonds. The van der Waals surface area contributed by atoms with E-state index in [1.54, 1.807) is 36.9 Å². The van der Waals surface area contributed by atoms with E-state index in [2.05, 4.69) is 20.2 Å². The highest BCUT2D eigenvalue weighted by Gasteiger charge is 2.42. The summed E-state index contributed by atoms with van der Waals surface area (Å²) in [6.07, 6.45) is 3.60. The van der Waals surface area contributed by atoms with Gasteiger partial charge in [-0.05, 0) is 61.2 Å². The molecule has 3 atom stereocenters. The van der Waals surface area contributed by atoms with Gasteiger partial charge in [-0.25, -0.2) is 19.2 Å². The average molecular weight is 518 g/mol. The van der Waals surface area contributed by atoms with Crippen molar-refractivity contribution in [3.8, 4) is 16.2 Å². The number of thiophene rings is 1. The number of rotatable bonds is 5. The fourth-order valence-corrected chi connectivity index (χ4v) is 6.52. The zero-order valence-electron chi connectivity index (χ0n) is 20.7. The Balaban J connectivity index is 1.20. The number of carbonyl (C=O) groups is 1. The van der Waals surface area contributed by atoms with Crippen molar-refractivity contribution in [2.75, 3.05) is 25.1 Å². The summed E-state index contributed by atoms with van der Waals surface area (Å²) in [6.45, 7) is 3.39. The van der Waals surface area contributed by atoms with Crippen LogP contribution in [0.4, 0.5) is 15.0 Å². The van der Waals surface area contributed by atoms with Crippen LogP contribution in [-0.2, 0) is 0 Å². The summed E-state index contributed by atoms with van der Waals surface area (Å²) >= 11 is 1.63. The van der Waals surface area contributed by atoms with Crippen LogP contribution in [0, 0.1) is 5.82 Å². The highest BCUT2D eigenvalue weighted by Crippen LogP contribution is 2.40. The van der Waals surface area contributed by atoms with Crippen LogP contribution in [0.5, 0.6) is 5.75 Å². The Morgan fingerprint density at radius 1 is 1.11 bits per heavy atom. The number of aromatic nitrogens is 2. The molecular weight excluding hydrogens is 489 g/mol. The first-order valence-corrected chi connectivity index (χ1v) is 13.3. The van der Waals surface area contributed by atoms with Gasteiger partial charge in [0.05, 0.1) is 29.4 Å². The van der Waals surface area contributed by atoms with Crippen LogP contribution >= 0.6 is 11.3 Å². The predicted octanol–water partition coefficient (Wildman–Crippen LogP) is 5.63. The highest BCUT2D eigenvalue weighted by atomic mass is 32.1. The molecular formula is C28H28FN5O2S. The zero-order chi connectivity index (χ0) is 25.5. The molecule has 9 heteroatoms. The minimum absolute atomic E-state index is 0.0350. The number of piperazine rings is 1. The summed E-state index contributed by atoms with van der Waals surface area (Å²) in [5, 5.41) is 3.17. The maximum absolute atomic E-state index is 13.4. The second kappa shape index (κ2) is 9.63. The molecule has 2 unspecified atom stereocenters. The molecule has 0 spiro atoms. The van der Waals surface area contributed by atoms with Crippen LogP contribution in [0.25, 0.3) is 20.7 Å². The van der Waals surface area contributed by atoms with Crippen molar-refractivity contribution in [3.63, 3.8) is 0 Å². The summed E-state index contributed by atoms with van der Waals surface area (Å²) in [4.78, 5) is 27.8. The predicted molar refractivity (Wildman–Crippen MR) is 144 cm³/mol. The molecule has 0 saturated carbocycles. The van der Waals surface area contributed by atoms with Crippen LogP contribution in [0.15, 0.2) is 60.9 Å². The van der Waals surface area contributed by atoms with Gasteiger partial charge < -0.3 is 19.9 Å². The molecule has 3 aliphatic heterocycles. The first-order chi connectivity index (χ1) is 18.0. The molecule has 2 aromatic carbocycles. The monoisotopic (exact) mass is 517 g/mol. The molecule has 5 heterocycles. The minimum Gasteiger partial charge on any atom is -0.497 e. The Kier molecular flexibility index (Phi) is 6.16. The Hall–Kier alpha value is -3.72. The number of nitrogens with one attached hydrogen (secondary N) is 1. The first-order valence-electron chi connectivity index (χ1n) is 12.5. The molecule has 7 nitrogen and oxygen atoms in total. The SMILES string of the molecule is COc1cccc([C@H](C)NC(=O)N2CC3CCC2CN3c2ncnc3cc(-c4ccc(F)cc4)sc23)c1. The number of nitrogens with zero attached hydrogens (tertiary/aromatic N) is 4. The van der Waals surface area contributed by atoms with Gasteiger partial charge in [0.15, 0.2) is 0 Å². The number of carbonyl (C=O) groups excluding carboxylic acids is 1. The van der Waals surface area contributed by atoms with Gasteiger partial charge >= 0.3 is 6.03 Å². The van der Waals surface area contributed by atoms with Crippen LogP contribution in [0.3, 0.4) is 0 Å². The molecule has 3 saturated heterocycles. The topological polar surface area (TPSA) is 70.6 Å². The largest absolute Gasteiger partial charge is 0.497 e. The van der Waals surface area contributed by atoms with E-state index in [4.69, 9.17) is 4.74 Å². The van der Waals surface area contributed by atoms with Gasteiger partial charge in [0.1, 0.15) is 23.7 Å². The van der Waals surface area contributed by atoms with Gasteiger partial charge in [-0.15, -0.1) is 11.3 Å². The van der Waals surface area contributed by atoms with Crippen LogP contribution in [0.2, 0.25) is 0 Å². The van der Waals surface area contributed by atoms with Gasteiger partial charge in [-0.1, -0.05) is 24.3 Å². The van der Waals surface area contributed by atoms with Crippen molar-refractivity contribution in [3.05, 3.63) is 72.3 Å². The number of fused-ring (bicyclic) bond motifs is 4. The molecule has 3 fully saturated rings. The maximum Gasteiger partial charge on any atom is 0.318 e. The van der Waals surface area contributed by atoms with Gasteiger partial charge in [0.2, 0.25) is 0 Å². The summed E-state index contributed by atoms with van der Waals surface area (Å²) in [5.74, 6) is 1.45. The number of ether oxygens (including phenoxy) is 1. The number of benzene rings is 2. The lowest BCUT2D eigenvalue weighted by atomic mass is 9.91. The summed E-state index contributed by atoms with van der Waals surface area (Å²) in [6, 6.07) is 16.5. The summed E-state index contributed by atoms with van der Waals surface area (Å²) in [7, 11) is 1.64. The van der Waals surface area contributed by atoms with Gasteiger partial charge in [-0.3, -0.25) is 0 Å².